The Morgan fingerprint density at radius 1 is 0.938 bits per heavy atom. The summed E-state index contributed by atoms with van der Waals surface area (Å²) >= 11 is 0. The lowest BCUT2D eigenvalue weighted by atomic mass is 10.2. The number of hydrogen-bond acceptors (Lipinski definition) is 5. The lowest BCUT2D eigenvalue weighted by molar-refractivity contribution is 0.126. The Balaban J connectivity index is 1.17. The van der Waals surface area contributed by atoms with Gasteiger partial charge in [-0.25, -0.2) is 4.99 Å². The molecular weight excluding hydrogens is 400 g/mol. The number of pyridine rings is 1. The van der Waals surface area contributed by atoms with Crippen LogP contribution in [-0.2, 0) is 13.1 Å². The average molecular weight is 435 g/mol. The number of hydrogen-bond donors (Lipinski definition) is 2. The molecule has 3 aromatic rings. The molecule has 8 heteroatoms. The summed E-state index contributed by atoms with van der Waals surface area (Å²) in [6.45, 7) is 11.0. The molecule has 1 saturated heterocycles. The minimum Gasteiger partial charge on any atom is -0.357 e. The van der Waals surface area contributed by atoms with Gasteiger partial charge in [0.1, 0.15) is 6.54 Å². The maximum Gasteiger partial charge on any atom is 0.191 e. The highest BCUT2D eigenvalue weighted by atomic mass is 15.3. The monoisotopic (exact) mass is 434 g/mol. The largest absolute Gasteiger partial charge is 0.357 e. The van der Waals surface area contributed by atoms with Crippen LogP contribution in [0.2, 0.25) is 0 Å². The highest BCUT2D eigenvalue weighted by Crippen LogP contribution is 2.08. The number of nitrogens with one attached hydrogen (secondary N) is 2. The Labute approximate surface area is 190 Å². The van der Waals surface area contributed by atoms with E-state index >= 15 is 0 Å². The summed E-state index contributed by atoms with van der Waals surface area (Å²) in [4.78, 5) is 9.81. The average Bonchev–Trinajstić information content (AvgIpc) is 3.25. The summed E-state index contributed by atoms with van der Waals surface area (Å²) in [6.07, 6.45) is 3.07. The first kappa shape index (κ1) is 22.2. The van der Waals surface area contributed by atoms with Crippen molar-refractivity contribution in [2.24, 2.45) is 4.99 Å². The quantitative estimate of drug-likeness (QED) is 0.305. The van der Waals surface area contributed by atoms with Gasteiger partial charge in [0, 0.05) is 52.0 Å². The van der Waals surface area contributed by atoms with Gasteiger partial charge < -0.3 is 15.5 Å². The third kappa shape index (κ3) is 6.27. The minimum atomic E-state index is 0.490. The molecule has 32 heavy (non-hydrogen) atoms. The molecule has 0 bridgehead atoms. The summed E-state index contributed by atoms with van der Waals surface area (Å²) in [5.74, 6) is 1.67. The van der Waals surface area contributed by atoms with Crippen molar-refractivity contribution in [3.8, 4) is 0 Å². The van der Waals surface area contributed by atoms with Gasteiger partial charge in [0.25, 0.3) is 0 Å². The summed E-state index contributed by atoms with van der Waals surface area (Å²) in [5.41, 5.74) is 2.25. The van der Waals surface area contributed by atoms with E-state index in [1.807, 2.05) is 28.8 Å². The normalized spacial score (nSPS) is 15.8. The van der Waals surface area contributed by atoms with Crippen molar-refractivity contribution in [1.29, 1.82) is 0 Å². The molecule has 0 spiro atoms. The Kier molecular flexibility index (Phi) is 8.05. The van der Waals surface area contributed by atoms with Crippen LogP contribution in [0.5, 0.6) is 0 Å². The fourth-order valence-electron chi connectivity index (χ4n) is 4.01. The van der Waals surface area contributed by atoms with Gasteiger partial charge in [0.2, 0.25) is 0 Å². The fraction of sp³-hybridized carbons (Fsp3) is 0.458. The molecule has 0 atom stereocenters. The molecular formula is C24H34N8. The van der Waals surface area contributed by atoms with E-state index < -0.39 is 0 Å². The zero-order valence-corrected chi connectivity index (χ0v) is 19.0. The molecule has 0 aliphatic carbocycles. The topological polar surface area (TPSA) is 73.1 Å². The Morgan fingerprint density at radius 3 is 2.53 bits per heavy atom. The first-order chi connectivity index (χ1) is 15.8. The first-order valence-corrected chi connectivity index (χ1v) is 11.6. The predicted octanol–water partition coefficient (Wildman–Crippen LogP) is 1.99. The molecule has 1 aromatic carbocycles. The Hall–Kier alpha value is -2.97. The maximum atomic E-state index is 4.69. The van der Waals surface area contributed by atoms with Crippen LogP contribution in [0.25, 0.3) is 5.65 Å². The zero-order chi connectivity index (χ0) is 22.0. The van der Waals surface area contributed by atoms with E-state index in [4.69, 9.17) is 4.99 Å². The van der Waals surface area contributed by atoms with Crippen molar-refractivity contribution in [2.45, 2.75) is 26.4 Å². The SMILES string of the molecule is CCNC(=NCc1nnc2ccccn12)NCCCN1CCN(Cc2ccccc2)CC1. The van der Waals surface area contributed by atoms with Crippen LogP contribution in [0.4, 0.5) is 0 Å². The van der Waals surface area contributed by atoms with Crippen LogP contribution in [0, 0.1) is 0 Å². The zero-order valence-electron chi connectivity index (χ0n) is 19.0. The van der Waals surface area contributed by atoms with Crippen molar-refractivity contribution in [2.75, 3.05) is 45.8 Å². The molecule has 4 rings (SSSR count). The fourth-order valence-corrected chi connectivity index (χ4v) is 4.01. The van der Waals surface area contributed by atoms with E-state index in [0.717, 1.165) is 76.2 Å². The molecule has 170 valence electrons. The van der Waals surface area contributed by atoms with Crippen LogP contribution >= 0.6 is 0 Å². The second kappa shape index (κ2) is 11.6. The van der Waals surface area contributed by atoms with E-state index in [2.05, 4.69) is 67.9 Å². The van der Waals surface area contributed by atoms with E-state index in [1.165, 1.54) is 5.56 Å². The van der Waals surface area contributed by atoms with Crippen molar-refractivity contribution in [1.82, 2.24) is 35.0 Å². The summed E-state index contributed by atoms with van der Waals surface area (Å²) in [7, 11) is 0. The molecule has 0 unspecified atom stereocenters. The van der Waals surface area contributed by atoms with Gasteiger partial charge in [0.15, 0.2) is 17.4 Å². The van der Waals surface area contributed by atoms with E-state index in [-0.39, 0.29) is 0 Å². The number of rotatable bonds is 9. The number of fused-ring (bicyclic) bond motifs is 1. The van der Waals surface area contributed by atoms with Crippen LogP contribution in [-0.4, -0.2) is 76.2 Å². The third-order valence-corrected chi connectivity index (χ3v) is 5.76. The maximum absolute atomic E-state index is 4.69. The van der Waals surface area contributed by atoms with Crippen LogP contribution < -0.4 is 10.6 Å². The molecule has 0 amide bonds. The molecule has 1 aliphatic heterocycles. The van der Waals surface area contributed by atoms with Gasteiger partial charge in [-0.15, -0.1) is 10.2 Å². The van der Waals surface area contributed by atoms with Gasteiger partial charge in [-0.2, -0.15) is 0 Å². The van der Waals surface area contributed by atoms with Gasteiger partial charge >= 0.3 is 0 Å². The standard InChI is InChI=1S/C24H34N8/c1-2-25-24(27-19-23-29-28-22-11-6-7-14-32(22)23)26-12-8-13-30-15-17-31(18-16-30)20-21-9-4-3-5-10-21/h3-7,9-11,14H,2,8,12-13,15-20H2,1H3,(H2,25,26,27). The van der Waals surface area contributed by atoms with E-state index in [9.17, 15) is 0 Å². The summed E-state index contributed by atoms with van der Waals surface area (Å²) in [6, 6.07) is 16.7. The third-order valence-electron chi connectivity index (χ3n) is 5.76. The molecule has 0 radical (unpaired) electrons. The minimum absolute atomic E-state index is 0.490. The van der Waals surface area contributed by atoms with Crippen LogP contribution in [0.15, 0.2) is 59.7 Å². The Bertz CT molecular complexity index is 976. The number of guanidine groups is 1. The van der Waals surface area contributed by atoms with Gasteiger partial charge in [-0.3, -0.25) is 9.30 Å². The summed E-state index contributed by atoms with van der Waals surface area (Å²) < 4.78 is 1.98. The molecule has 1 aliphatic rings. The van der Waals surface area contributed by atoms with Crippen molar-refractivity contribution >= 4 is 11.6 Å². The molecule has 2 aromatic heterocycles. The Morgan fingerprint density at radius 2 is 1.72 bits per heavy atom. The smallest absolute Gasteiger partial charge is 0.191 e. The summed E-state index contributed by atoms with van der Waals surface area (Å²) in [5, 5.41) is 15.2. The number of aromatic nitrogens is 3. The lowest BCUT2D eigenvalue weighted by Gasteiger charge is -2.34. The first-order valence-electron chi connectivity index (χ1n) is 11.6. The number of nitrogens with zero attached hydrogens (tertiary/aromatic N) is 6. The molecule has 2 N–H and O–H groups in total. The van der Waals surface area contributed by atoms with Crippen molar-refractivity contribution in [3.63, 3.8) is 0 Å². The molecule has 8 nitrogen and oxygen atoms in total. The van der Waals surface area contributed by atoms with Crippen molar-refractivity contribution in [3.05, 3.63) is 66.1 Å². The van der Waals surface area contributed by atoms with Gasteiger partial charge in [0.05, 0.1) is 0 Å². The molecule has 1 fully saturated rings. The second-order valence-electron chi connectivity index (χ2n) is 8.12. The van der Waals surface area contributed by atoms with Crippen LogP contribution in [0.1, 0.15) is 24.7 Å². The highest BCUT2D eigenvalue weighted by molar-refractivity contribution is 5.79. The lowest BCUT2D eigenvalue weighted by Crippen LogP contribution is -2.46. The van der Waals surface area contributed by atoms with E-state index in [1.54, 1.807) is 0 Å². The number of benzene rings is 1. The second-order valence-corrected chi connectivity index (χ2v) is 8.12. The molecule has 0 saturated carbocycles. The van der Waals surface area contributed by atoms with Gasteiger partial charge in [-0.1, -0.05) is 36.4 Å². The van der Waals surface area contributed by atoms with Crippen molar-refractivity contribution < 1.29 is 0 Å². The molecule has 3 heterocycles. The van der Waals surface area contributed by atoms with Gasteiger partial charge in [-0.05, 0) is 37.6 Å². The van der Waals surface area contributed by atoms with E-state index in [0.29, 0.717) is 6.54 Å². The number of piperazine rings is 1. The highest BCUT2D eigenvalue weighted by Gasteiger charge is 2.16. The number of aliphatic imine (C=N–C) groups is 1. The predicted molar refractivity (Wildman–Crippen MR) is 129 cm³/mol. The van der Waals surface area contributed by atoms with Crippen LogP contribution in [0.3, 0.4) is 0 Å².